The smallest absolute Gasteiger partial charge is 0.329 e. The van der Waals surface area contributed by atoms with E-state index in [-0.39, 0.29) is 22.7 Å². The molecule has 1 saturated heterocycles. The molecule has 0 radical (unpaired) electrons. The number of anilines is 1. The molecule has 1 amide bonds. The first kappa shape index (κ1) is 14.4. The Morgan fingerprint density at radius 2 is 2.20 bits per heavy atom. The van der Waals surface area contributed by atoms with Crippen molar-refractivity contribution in [2.45, 2.75) is 25.8 Å². The molecule has 0 aliphatic carbocycles. The van der Waals surface area contributed by atoms with E-state index in [0.717, 1.165) is 32.1 Å². The molecule has 0 spiro atoms. The quantitative estimate of drug-likeness (QED) is 0.513. The molecule has 1 aromatic rings. The second-order valence-corrected chi connectivity index (χ2v) is 4.87. The Bertz CT molecular complexity index is 533. The van der Waals surface area contributed by atoms with E-state index in [1.54, 1.807) is 11.8 Å². The number of aromatic nitrogens is 2. The molecule has 0 bridgehead atoms. The number of halogens is 1. The summed E-state index contributed by atoms with van der Waals surface area (Å²) < 4.78 is 0. The summed E-state index contributed by atoms with van der Waals surface area (Å²) >= 11 is 5.63. The molecule has 1 aromatic heterocycles. The van der Waals surface area contributed by atoms with Gasteiger partial charge in [-0.25, -0.2) is 4.98 Å². The second-order valence-electron chi connectivity index (χ2n) is 4.53. The van der Waals surface area contributed by atoms with Crippen LogP contribution in [0.5, 0.6) is 0 Å². The fourth-order valence-electron chi connectivity index (χ4n) is 2.07. The molecule has 9 heteroatoms. The molecule has 0 aromatic carbocycles. The van der Waals surface area contributed by atoms with Gasteiger partial charge >= 0.3 is 5.69 Å². The van der Waals surface area contributed by atoms with Gasteiger partial charge in [0.25, 0.3) is 0 Å². The first-order valence-corrected chi connectivity index (χ1v) is 6.59. The van der Waals surface area contributed by atoms with E-state index in [1.807, 2.05) is 0 Å². The van der Waals surface area contributed by atoms with Crippen molar-refractivity contribution in [3.63, 3.8) is 0 Å². The zero-order valence-corrected chi connectivity index (χ0v) is 11.6. The normalized spacial score (nSPS) is 16.0. The summed E-state index contributed by atoms with van der Waals surface area (Å²) in [6.07, 6.45) is 2.99. The van der Waals surface area contributed by atoms with E-state index in [4.69, 9.17) is 11.6 Å². The van der Waals surface area contributed by atoms with Crippen LogP contribution in [-0.4, -0.2) is 44.8 Å². The highest BCUT2D eigenvalue weighted by molar-refractivity contribution is 6.28. The van der Waals surface area contributed by atoms with Crippen LogP contribution in [0.15, 0.2) is 6.20 Å². The molecular formula is C11H14ClN5O3. The molecule has 20 heavy (non-hydrogen) atoms. The number of amides is 1. The SMILES string of the molecule is CC(Nc1nc(Cl)ncc1[N+](=O)[O-])C(=O)N1CCCC1. The maximum Gasteiger partial charge on any atom is 0.329 e. The summed E-state index contributed by atoms with van der Waals surface area (Å²) in [4.78, 5) is 31.5. The van der Waals surface area contributed by atoms with Crippen LogP contribution in [0.2, 0.25) is 5.28 Å². The zero-order chi connectivity index (χ0) is 14.7. The summed E-state index contributed by atoms with van der Waals surface area (Å²) in [5.41, 5.74) is -0.310. The number of nitro groups is 1. The average molecular weight is 300 g/mol. The highest BCUT2D eigenvalue weighted by Crippen LogP contribution is 2.23. The third-order valence-corrected chi connectivity index (χ3v) is 3.26. The van der Waals surface area contributed by atoms with Crippen LogP contribution in [0.25, 0.3) is 0 Å². The fourth-order valence-corrected chi connectivity index (χ4v) is 2.21. The number of nitrogens with zero attached hydrogens (tertiary/aromatic N) is 4. The first-order chi connectivity index (χ1) is 9.49. The number of nitrogens with one attached hydrogen (secondary N) is 1. The minimum atomic E-state index is -0.619. The lowest BCUT2D eigenvalue weighted by molar-refractivity contribution is -0.384. The van der Waals surface area contributed by atoms with Crippen molar-refractivity contribution in [3.8, 4) is 0 Å². The lowest BCUT2D eigenvalue weighted by Crippen LogP contribution is -2.39. The van der Waals surface area contributed by atoms with Crippen LogP contribution in [0.4, 0.5) is 11.5 Å². The van der Waals surface area contributed by atoms with Gasteiger partial charge in [0.2, 0.25) is 17.0 Å². The van der Waals surface area contributed by atoms with Crippen molar-refractivity contribution in [1.29, 1.82) is 0 Å². The van der Waals surface area contributed by atoms with Crippen molar-refractivity contribution in [2.24, 2.45) is 0 Å². The van der Waals surface area contributed by atoms with E-state index in [2.05, 4.69) is 15.3 Å². The molecule has 1 unspecified atom stereocenters. The Kier molecular flexibility index (Phi) is 4.33. The van der Waals surface area contributed by atoms with E-state index in [1.165, 1.54) is 0 Å². The summed E-state index contributed by atoms with van der Waals surface area (Å²) in [5, 5.41) is 13.5. The molecule has 1 aliphatic rings. The van der Waals surface area contributed by atoms with Gasteiger partial charge in [-0.1, -0.05) is 0 Å². The Morgan fingerprint density at radius 1 is 1.55 bits per heavy atom. The van der Waals surface area contributed by atoms with Crippen LogP contribution >= 0.6 is 11.6 Å². The number of carbonyl (C=O) groups is 1. The van der Waals surface area contributed by atoms with Crippen LogP contribution in [0, 0.1) is 10.1 Å². The minimum Gasteiger partial charge on any atom is -0.353 e. The number of hydrogen-bond donors (Lipinski definition) is 1. The molecule has 1 N–H and O–H groups in total. The summed E-state index contributed by atoms with van der Waals surface area (Å²) in [6, 6.07) is -0.613. The van der Waals surface area contributed by atoms with Gasteiger partial charge in [0.05, 0.1) is 4.92 Å². The van der Waals surface area contributed by atoms with Crippen LogP contribution in [-0.2, 0) is 4.79 Å². The van der Waals surface area contributed by atoms with Crippen molar-refractivity contribution in [3.05, 3.63) is 21.6 Å². The summed E-state index contributed by atoms with van der Waals surface area (Å²) in [6.45, 7) is 3.08. The molecule has 0 saturated carbocycles. The van der Waals surface area contributed by atoms with Gasteiger partial charge in [0.1, 0.15) is 12.2 Å². The Balaban J connectivity index is 2.14. The lowest BCUT2D eigenvalue weighted by atomic mass is 10.3. The van der Waals surface area contributed by atoms with Crippen LogP contribution in [0.1, 0.15) is 19.8 Å². The Morgan fingerprint density at radius 3 is 2.80 bits per heavy atom. The van der Waals surface area contributed by atoms with E-state index in [9.17, 15) is 14.9 Å². The maximum absolute atomic E-state index is 12.1. The van der Waals surface area contributed by atoms with Crippen molar-refractivity contribution < 1.29 is 9.72 Å². The highest BCUT2D eigenvalue weighted by Gasteiger charge is 2.26. The second kappa shape index (κ2) is 6.00. The molecule has 2 rings (SSSR count). The van der Waals surface area contributed by atoms with E-state index < -0.39 is 11.0 Å². The largest absolute Gasteiger partial charge is 0.353 e. The van der Waals surface area contributed by atoms with Gasteiger partial charge < -0.3 is 10.2 Å². The van der Waals surface area contributed by atoms with E-state index >= 15 is 0 Å². The molecule has 8 nitrogen and oxygen atoms in total. The average Bonchev–Trinajstić information content (AvgIpc) is 2.91. The highest BCUT2D eigenvalue weighted by atomic mass is 35.5. The molecule has 1 atom stereocenters. The number of likely N-dealkylation sites (tertiary alicyclic amines) is 1. The molecule has 1 aliphatic heterocycles. The summed E-state index contributed by atoms with van der Waals surface area (Å²) in [7, 11) is 0. The van der Waals surface area contributed by atoms with Crippen molar-refractivity contribution >= 4 is 29.0 Å². The number of carbonyl (C=O) groups excluding carboxylic acids is 1. The van der Waals surface area contributed by atoms with E-state index in [0.29, 0.717) is 0 Å². The van der Waals surface area contributed by atoms with Gasteiger partial charge in [0, 0.05) is 13.1 Å². The number of hydrogen-bond acceptors (Lipinski definition) is 6. The Hall–Kier alpha value is -1.96. The monoisotopic (exact) mass is 299 g/mol. The van der Waals surface area contributed by atoms with Crippen molar-refractivity contribution in [1.82, 2.24) is 14.9 Å². The molecular weight excluding hydrogens is 286 g/mol. The van der Waals surface area contributed by atoms with Gasteiger partial charge in [0.15, 0.2) is 0 Å². The third kappa shape index (κ3) is 3.13. The van der Waals surface area contributed by atoms with Crippen LogP contribution in [0.3, 0.4) is 0 Å². The lowest BCUT2D eigenvalue weighted by Gasteiger charge is -2.21. The predicted octanol–water partition coefficient (Wildman–Crippen LogP) is 1.46. The third-order valence-electron chi connectivity index (χ3n) is 3.08. The predicted molar refractivity (Wildman–Crippen MR) is 72.6 cm³/mol. The van der Waals surface area contributed by atoms with Crippen molar-refractivity contribution in [2.75, 3.05) is 18.4 Å². The van der Waals surface area contributed by atoms with Crippen LogP contribution < -0.4 is 5.32 Å². The fraction of sp³-hybridized carbons (Fsp3) is 0.545. The summed E-state index contributed by atoms with van der Waals surface area (Å²) in [5.74, 6) is -0.151. The van der Waals surface area contributed by atoms with Gasteiger partial charge in [-0.05, 0) is 31.4 Å². The minimum absolute atomic E-state index is 0.0463. The van der Waals surface area contributed by atoms with Gasteiger partial charge in [-0.3, -0.25) is 14.9 Å². The first-order valence-electron chi connectivity index (χ1n) is 6.21. The maximum atomic E-state index is 12.1. The molecule has 1 fully saturated rings. The molecule has 108 valence electrons. The zero-order valence-electron chi connectivity index (χ0n) is 10.9. The molecule has 2 heterocycles. The standard InChI is InChI=1S/C11H14ClN5O3/c1-7(10(18)16-4-2-3-5-16)14-9-8(17(19)20)6-13-11(12)15-9/h6-7H,2-5H2,1H3,(H,13,14,15). The topological polar surface area (TPSA) is 101 Å². The van der Waals surface area contributed by atoms with Gasteiger partial charge in [-0.15, -0.1) is 0 Å². The number of rotatable bonds is 4. The van der Waals surface area contributed by atoms with Gasteiger partial charge in [-0.2, -0.15) is 4.98 Å². The Labute approximate surface area is 120 Å².